The third kappa shape index (κ3) is 4.25. The topological polar surface area (TPSA) is 66.9 Å². The SMILES string of the molecule is CNC(=O)CCNc1nccc(C(F)(F)F)n1. The zero-order valence-electron chi connectivity index (χ0n) is 9.01. The zero-order chi connectivity index (χ0) is 12.9. The van der Waals surface area contributed by atoms with Crippen LogP contribution in [0.15, 0.2) is 12.3 Å². The van der Waals surface area contributed by atoms with Crippen molar-refractivity contribution in [1.82, 2.24) is 15.3 Å². The molecule has 94 valence electrons. The van der Waals surface area contributed by atoms with Gasteiger partial charge in [-0.25, -0.2) is 9.97 Å². The fraction of sp³-hybridized carbons (Fsp3) is 0.444. The number of halogens is 3. The Kier molecular flexibility index (Phi) is 4.24. The molecule has 0 atom stereocenters. The lowest BCUT2D eigenvalue weighted by Gasteiger charge is -2.08. The van der Waals surface area contributed by atoms with E-state index in [4.69, 9.17) is 0 Å². The van der Waals surface area contributed by atoms with Crippen molar-refractivity contribution in [2.75, 3.05) is 18.9 Å². The van der Waals surface area contributed by atoms with Crippen molar-refractivity contribution in [2.24, 2.45) is 0 Å². The molecule has 0 aliphatic heterocycles. The molecular weight excluding hydrogens is 237 g/mol. The summed E-state index contributed by atoms with van der Waals surface area (Å²) in [5, 5.41) is 4.93. The van der Waals surface area contributed by atoms with E-state index in [9.17, 15) is 18.0 Å². The van der Waals surface area contributed by atoms with E-state index < -0.39 is 11.9 Å². The van der Waals surface area contributed by atoms with Crippen LogP contribution in [0.4, 0.5) is 19.1 Å². The van der Waals surface area contributed by atoms with E-state index in [1.165, 1.54) is 7.05 Å². The number of aromatic nitrogens is 2. The second kappa shape index (κ2) is 5.46. The average Bonchev–Trinajstić information content (AvgIpc) is 2.28. The molecule has 0 fully saturated rings. The van der Waals surface area contributed by atoms with E-state index in [1.54, 1.807) is 0 Å². The highest BCUT2D eigenvalue weighted by Crippen LogP contribution is 2.27. The number of amides is 1. The second-order valence-electron chi connectivity index (χ2n) is 3.11. The number of hydrogen-bond acceptors (Lipinski definition) is 4. The molecular formula is C9H11F3N4O. The molecule has 0 saturated heterocycles. The molecule has 0 radical (unpaired) electrons. The van der Waals surface area contributed by atoms with Crippen LogP contribution in [0.5, 0.6) is 0 Å². The van der Waals surface area contributed by atoms with Crippen molar-refractivity contribution >= 4 is 11.9 Å². The van der Waals surface area contributed by atoms with E-state index in [0.29, 0.717) is 0 Å². The van der Waals surface area contributed by atoms with Crippen LogP contribution in [0.2, 0.25) is 0 Å². The molecule has 0 bridgehead atoms. The van der Waals surface area contributed by atoms with Crippen molar-refractivity contribution in [1.29, 1.82) is 0 Å². The summed E-state index contributed by atoms with van der Waals surface area (Å²) < 4.78 is 36.9. The number of hydrogen-bond donors (Lipinski definition) is 2. The second-order valence-corrected chi connectivity index (χ2v) is 3.11. The van der Waals surface area contributed by atoms with Gasteiger partial charge in [-0.1, -0.05) is 0 Å². The molecule has 1 amide bonds. The molecule has 1 rings (SSSR count). The van der Waals surface area contributed by atoms with Gasteiger partial charge in [-0.2, -0.15) is 13.2 Å². The third-order valence-corrected chi connectivity index (χ3v) is 1.86. The Morgan fingerprint density at radius 1 is 1.47 bits per heavy atom. The van der Waals surface area contributed by atoms with Crippen molar-refractivity contribution < 1.29 is 18.0 Å². The fourth-order valence-electron chi connectivity index (χ4n) is 1.01. The minimum atomic E-state index is -4.50. The number of carbonyl (C=O) groups is 1. The zero-order valence-corrected chi connectivity index (χ0v) is 9.01. The van der Waals surface area contributed by atoms with Gasteiger partial charge in [-0.15, -0.1) is 0 Å². The van der Waals surface area contributed by atoms with Crippen molar-refractivity contribution in [3.63, 3.8) is 0 Å². The molecule has 5 nitrogen and oxygen atoms in total. The van der Waals surface area contributed by atoms with E-state index >= 15 is 0 Å². The molecule has 0 unspecified atom stereocenters. The molecule has 0 aliphatic rings. The summed E-state index contributed by atoms with van der Waals surface area (Å²) >= 11 is 0. The molecule has 1 aromatic rings. The van der Waals surface area contributed by atoms with Crippen LogP contribution < -0.4 is 10.6 Å². The highest BCUT2D eigenvalue weighted by atomic mass is 19.4. The minimum Gasteiger partial charge on any atom is -0.359 e. The smallest absolute Gasteiger partial charge is 0.359 e. The summed E-state index contributed by atoms with van der Waals surface area (Å²) in [5.74, 6) is -0.367. The van der Waals surface area contributed by atoms with Gasteiger partial charge >= 0.3 is 6.18 Å². The van der Waals surface area contributed by atoms with Crippen molar-refractivity contribution in [3.8, 4) is 0 Å². The summed E-state index contributed by atoms with van der Waals surface area (Å²) in [7, 11) is 1.48. The van der Waals surface area contributed by atoms with Gasteiger partial charge in [0.2, 0.25) is 11.9 Å². The van der Waals surface area contributed by atoms with Crippen LogP contribution in [0.3, 0.4) is 0 Å². The number of nitrogens with one attached hydrogen (secondary N) is 2. The van der Waals surface area contributed by atoms with Crippen LogP contribution in [0, 0.1) is 0 Å². The quantitative estimate of drug-likeness (QED) is 0.835. The van der Waals surface area contributed by atoms with Gasteiger partial charge in [-0.05, 0) is 6.07 Å². The molecule has 0 aliphatic carbocycles. The van der Waals surface area contributed by atoms with Gasteiger partial charge in [-0.3, -0.25) is 4.79 Å². The lowest BCUT2D eigenvalue weighted by molar-refractivity contribution is -0.141. The van der Waals surface area contributed by atoms with Crippen LogP contribution >= 0.6 is 0 Å². The van der Waals surface area contributed by atoms with Crippen molar-refractivity contribution in [3.05, 3.63) is 18.0 Å². The Balaban J connectivity index is 2.58. The van der Waals surface area contributed by atoms with E-state index in [0.717, 1.165) is 12.3 Å². The lowest BCUT2D eigenvalue weighted by Crippen LogP contribution is -2.21. The number of carbonyl (C=O) groups excluding carboxylic acids is 1. The van der Waals surface area contributed by atoms with Crippen LogP contribution in [-0.4, -0.2) is 29.5 Å². The maximum Gasteiger partial charge on any atom is 0.433 e. The van der Waals surface area contributed by atoms with Crippen LogP contribution in [0.25, 0.3) is 0 Å². The van der Waals surface area contributed by atoms with Gasteiger partial charge in [0, 0.05) is 26.2 Å². The standard InChI is InChI=1S/C9H11F3N4O/c1-13-7(17)3-5-15-8-14-4-2-6(16-8)9(10,11)12/h2,4H,3,5H2,1H3,(H,13,17)(H,14,15,16). The predicted octanol–water partition coefficient (Wildman–Crippen LogP) is 1.04. The Morgan fingerprint density at radius 2 is 2.18 bits per heavy atom. The molecule has 1 aromatic heterocycles. The Hall–Kier alpha value is -1.86. The third-order valence-electron chi connectivity index (χ3n) is 1.86. The first-order valence-corrected chi connectivity index (χ1v) is 4.78. The molecule has 2 N–H and O–H groups in total. The highest BCUT2D eigenvalue weighted by Gasteiger charge is 2.32. The predicted molar refractivity (Wildman–Crippen MR) is 54.2 cm³/mol. The van der Waals surface area contributed by atoms with Gasteiger partial charge < -0.3 is 10.6 Å². The van der Waals surface area contributed by atoms with E-state index in [-0.39, 0.29) is 24.8 Å². The molecule has 17 heavy (non-hydrogen) atoms. The first-order chi connectivity index (χ1) is 7.93. The van der Waals surface area contributed by atoms with Gasteiger partial charge in [0.25, 0.3) is 0 Å². The van der Waals surface area contributed by atoms with Gasteiger partial charge in [0.05, 0.1) is 0 Å². The summed E-state index contributed by atoms with van der Waals surface area (Å²) in [6.45, 7) is 0.168. The summed E-state index contributed by atoms with van der Waals surface area (Å²) in [6.07, 6.45) is -3.35. The lowest BCUT2D eigenvalue weighted by atomic mass is 10.4. The normalized spacial score (nSPS) is 11.1. The largest absolute Gasteiger partial charge is 0.433 e. The van der Waals surface area contributed by atoms with Gasteiger partial charge in [0.15, 0.2) is 0 Å². The Bertz CT molecular complexity index is 394. The molecule has 1 heterocycles. The number of alkyl halides is 3. The summed E-state index contributed by atoms with van der Waals surface area (Å²) in [6, 6.07) is 0.782. The monoisotopic (exact) mass is 248 g/mol. The fourth-order valence-corrected chi connectivity index (χ4v) is 1.01. The van der Waals surface area contributed by atoms with Crippen molar-refractivity contribution in [2.45, 2.75) is 12.6 Å². The highest BCUT2D eigenvalue weighted by molar-refractivity contribution is 5.75. The number of rotatable bonds is 4. The Morgan fingerprint density at radius 3 is 2.76 bits per heavy atom. The maximum absolute atomic E-state index is 12.3. The van der Waals surface area contributed by atoms with Crippen LogP contribution in [0.1, 0.15) is 12.1 Å². The first kappa shape index (κ1) is 13.2. The van der Waals surface area contributed by atoms with Gasteiger partial charge in [0.1, 0.15) is 5.69 Å². The number of nitrogens with zero attached hydrogens (tertiary/aromatic N) is 2. The minimum absolute atomic E-state index is 0.135. The summed E-state index contributed by atoms with van der Waals surface area (Å²) in [5.41, 5.74) is -1.02. The average molecular weight is 248 g/mol. The molecule has 0 aromatic carbocycles. The van der Waals surface area contributed by atoms with Crippen LogP contribution in [-0.2, 0) is 11.0 Å². The van der Waals surface area contributed by atoms with E-state index in [1.807, 2.05) is 0 Å². The summed E-state index contributed by atoms with van der Waals surface area (Å²) in [4.78, 5) is 17.8. The maximum atomic E-state index is 12.3. The first-order valence-electron chi connectivity index (χ1n) is 4.78. The molecule has 0 saturated carbocycles. The number of anilines is 1. The molecule has 8 heteroatoms. The Labute approximate surface area is 95.5 Å². The van der Waals surface area contributed by atoms with E-state index in [2.05, 4.69) is 20.6 Å². The molecule has 0 spiro atoms.